The monoisotopic (exact) mass is 288 g/mol. The van der Waals surface area contributed by atoms with E-state index >= 15 is 0 Å². The molecular weight excluding hydrogens is 260 g/mol. The minimum absolute atomic E-state index is 0.303. The zero-order valence-electron chi connectivity index (χ0n) is 13.2. The SMILES string of the molecule is Cc1cccc(CCC(=O)N(CCCN)C2CCCC2)c1. The number of rotatable bonds is 7. The Morgan fingerprint density at radius 3 is 2.76 bits per heavy atom. The average Bonchev–Trinajstić information content (AvgIpc) is 3.00. The van der Waals surface area contributed by atoms with Crippen molar-refractivity contribution >= 4 is 5.91 Å². The summed E-state index contributed by atoms with van der Waals surface area (Å²) in [6, 6.07) is 8.91. The van der Waals surface area contributed by atoms with Gasteiger partial charge in [-0.25, -0.2) is 0 Å². The third-order valence-corrected chi connectivity index (χ3v) is 4.40. The van der Waals surface area contributed by atoms with E-state index in [0.717, 1.165) is 19.4 Å². The number of nitrogens with two attached hydrogens (primary N) is 1. The van der Waals surface area contributed by atoms with Crippen LogP contribution >= 0.6 is 0 Å². The fourth-order valence-corrected chi connectivity index (χ4v) is 3.25. The molecular formula is C18H28N2O. The maximum Gasteiger partial charge on any atom is 0.223 e. The second kappa shape index (κ2) is 8.18. The van der Waals surface area contributed by atoms with Gasteiger partial charge < -0.3 is 10.6 Å². The molecule has 1 aromatic rings. The van der Waals surface area contributed by atoms with E-state index in [2.05, 4.69) is 36.1 Å². The lowest BCUT2D eigenvalue weighted by molar-refractivity contribution is -0.133. The smallest absolute Gasteiger partial charge is 0.223 e. The first-order chi connectivity index (χ1) is 10.2. The number of amides is 1. The Kier molecular flexibility index (Phi) is 6.24. The summed E-state index contributed by atoms with van der Waals surface area (Å²) in [6.45, 7) is 3.58. The summed E-state index contributed by atoms with van der Waals surface area (Å²) >= 11 is 0. The lowest BCUT2D eigenvalue weighted by atomic mass is 10.1. The molecule has 1 aliphatic carbocycles. The highest BCUT2D eigenvalue weighted by atomic mass is 16.2. The molecule has 1 fully saturated rings. The van der Waals surface area contributed by atoms with Gasteiger partial charge in [0.2, 0.25) is 5.91 Å². The number of benzene rings is 1. The maximum absolute atomic E-state index is 12.6. The largest absolute Gasteiger partial charge is 0.340 e. The van der Waals surface area contributed by atoms with Crippen molar-refractivity contribution in [2.75, 3.05) is 13.1 Å². The Morgan fingerprint density at radius 2 is 2.10 bits per heavy atom. The van der Waals surface area contributed by atoms with E-state index < -0.39 is 0 Å². The molecule has 0 saturated heterocycles. The quantitative estimate of drug-likeness (QED) is 0.838. The summed E-state index contributed by atoms with van der Waals surface area (Å²) in [5.74, 6) is 0.303. The number of hydrogen-bond acceptors (Lipinski definition) is 2. The van der Waals surface area contributed by atoms with Gasteiger partial charge in [0.1, 0.15) is 0 Å². The van der Waals surface area contributed by atoms with Crippen molar-refractivity contribution in [2.24, 2.45) is 5.73 Å². The highest BCUT2D eigenvalue weighted by Crippen LogP contribution is 2.24. The molecule has 116 valence electrons. The van der Waals surface area contributed by atoms with Crippen LogP contribution in [0.5, 0.6) is 0 Å². The molecule has 1 aliphatic rings. The van der Waals surface area contributed by atoms with Gasteiger partial charge in [0.15, 0.2) is 0 Å². The Balaban J connectivity index is 1.91. The van der Waals surface area contributed by atoms with Gasteiger partial charge in [-0.1, -0.05) is 42.7 Å². The van der Waals surface area contributed by atoms with Gasteiger partial charge in [0.25, 0.3) is 0 Å². The fraction of sp³-hybridized carbons (Fsp3) is 0.611. The molecule has 3 nitrogen and oxygen atoms in total. The van der Waals surface area contributed by atoms with Crippen LogP contribution in [0.1, 0.15) is 49.7 Å². The molecule has 0 aromatic heterocycles. The summed E-state index contributed by atoms with van der Waals surface area (Å²) in [4.78, 5) is 14.7. The summed E-state index contributed by atoms with van der Waals surface area (Å²) < 4.78 is 0. The van der Waals surface area contributed by atoms with Crippen molar-refractivity contribution in [3.8, 4) is 0 Å². The summed E-state index contributed by atoms with van der Waals surface area (Å²) in [7, 11) is 0. The molecule has 0 spiro atoms. The summed E-state index contributed by atoms with van der Waals surface area (Å²) in [5.41, 5.74) is 8.14. The van der Waals surface area contributed by atoms with Gasteiger partial charge in [-0.05, 0) is 44.7 Å². The van der Waals surface area contributed by atoms with Crippen LogP contribution in [0.2, 0.25) is 0 Å². The van der Waals surface area contributed by atoms with Gasteiger partial charge in [0, 0.05) is 19.0 Å². The Hall–Kier alpha value is -1.35. The lowest BCUT2D eigenvalue weighted by Crippen LogP contribution is -2.40. The predicted molar refractivity (Wildman–Crippen MR) is 87.1 cm³/mol. The molecule has 2 rings (SSSR count). The number of carbonyl (C=O) groups excluding carboxylic acids is 1. The first-order valence-corrected chi connectivity index (χ1v) is 8.26. The first-order valence-electron chi connectivity index (χ1n) is 8.26. The molecule has 21 heavy (non-hydrogen) atoms. The van der Waals surface area contributed by atoms with E-state index in [0.29, 0.717) is 24.9 Å². The Labute approximate surface area is 128 Å². The number of nitrogens with zero attached hydrogens (tertiary/aromatic N) is 1. The van der Waals surface area contributed by atoms with E-state index in [-0.39, 0.29) is 0 Å². The van der Waals surface area contributed by atoms with Crippen molar-refractivity contribution in [2.45, 2.75) is 57.9 Å². The van der Waals surface area contributed by atoms with Crippen LogP contribution in [0, 0.1) is 6.92 Å². The standard InChI is InChI=1S/C18H28N2O/c1-15-6-4-7-16(14-15)10-11-18(21)20(13-5-12-19)17-8-2-3-9-17/h4,6-7,14,17H,2-3,5,8-13,19H2,1H3. The maximum atomic E-state index is 12.6. The van der Waals surface area contributed by atoms with Gasteiger partial charge >= 0.3 is 0 Å². The summed E-state index contributed by atoms with van der Waals surface area (Å²) in [5, 5.41) is 0. The van der Waals surface area contributed by atoms with E-state index in [1.54, 1.807) is 0 Å². The molecule has 0 atom stereocenters. The Morgan fingerprint density at radius 1 is 1.33 bits per heavy atom. The van der Waals surface area contributed by atoms with Crippen molar-refractivity contribution in [1.82, 2.24) is 4.90 Å². The molecule has 0 bridgehead atoms. The molecule has 0 aliphatic heterocycles. The zero-order chi connectivity index (χ0) is 15.1. The van der Waals surface area contributed by atoms with Gasteiger partial charge in [-0.3, -0.25) is 4.79 Å². The van der Waals surface area contributed by atoms with Crippen molar-refractivity contribution < 1.29 is 4.79 Å². The molecule has 1 amide bonds. The van der Waals surface area contributed by atoms with Crippen LogP contribution in [-0.4, -0.2) is 29.9 Å². The number of hydrogen-bond donors (Lipinski definition) is 1. The van der Waals surface area contributed by atoms with Crippen LogP contribution in [0.4, 0.5) is 0 Å². The predicted octanol–water partition coefficient (Wildman–Crippen LogP) is 3.05. The summed E-state index contributed by atoms with van der Waals surface area (Å²) in [6.07, 6.45) is 7.22. The van der Waals surface area contributed by atoms with Crippen molar-refractivity contribution in [3.05, 3.63) is 35.4 Å². The zero-order valence-corrected chi connectivity index (χ0v) is 13.2. The lowest BCUT2D eigenvalue weighted by Gasteiger charge is -2.29. The molecule has 1 aromatic carbocycles. The second-order valence-corrected chi connectivity index (χ2v) is 6.16. The Bertz CT molecular complexity index is 452. The van der Waals surface area contributed by atoms with Crippen molar-refractivity contribution in [1.29, 1.82) is 0 Å². The van der Waals surface area contributed by atoms with Crippen LogP contribution < -0.4 is 5.73 Å². The van der Waals surface area contributed by atoms with Gasteiger partial charge in [-0.15, -0.1) is 0 Å². The fourth-order valence-electron chi connectivity index (χ4n) is 3.25. The van der Waals surface area contributed by atoms with Crippen LogP contribution in [0.25, 0.3) is 0 Å². The third-order valence-electron chi connectivity index (χ3n) is 4.40. The minimum Gasteiger partial charge on any atom is -0.340 e. The van der Waals surface area contributed by atoms with E-state index in [1.165, 1.54) is 36.8 Å². The van der Waals surface area contributed by atoms with E-state index in [9.17, 15) is 4.79 Å². The van der Waals surface area contributed by atoms with Gasteiger partial charge in [0.05, 0.1) is 0 Å². The van der Waals surface area contributed by atoms with Crippen LogP contribution in [0.3, 0.4) is 0 Å². The van der Waals surface area contributed by atoms with E-state index in [4.69, 9.17) is 5.73 Å². The highest BCUT2D eigenvalue weighted by molar-refractivity contribution is 5.76. The van der Waals surface area contributed by atoms with Crippen LogP contribution in [0.15, 0.2) is 24.3 Å². The third kappa shape index (κ3) is 4.85. The normalized spacial score (nSPS) is 15.3. The number of carbonyl (C=O) groups is 1. The molecule has 0 heterocycles. The highest BCUT2D eigenvalue weighted by Gasteiger charge is 2.25. The minimum atomic E-state index is 0.303. The molecule has 3 heteroatoms. The molecule has 1 saturated carbocycles. The molecule has 0 radical (unpaired) electrons. The first kappa shape index (κ1) is 16.0. The number of aryl methyl sites for hydroxylation is 2. The molecule has 0 unspecified atom stereocenters. The van der Waals surface area contributed by atoms with Crippen LogP contribution in [-0.2, 0) is 11.2 Å². The average molecular weight is 288 g/mol. The second-order valence-electron chi connectivity index (χ2n) is 6.16. The van der Waals surface area contributed by atoms with E-state index in [1.807, 2.05) is 0 Å². The van der Waals surface area contributed by atoms with Gasteiger partial charge in [-0.2, -0.15) is 0 Å². The molecule has 2 N–H and O–H groups in total. The van der Waals surface area contributed by atoms with Crippen molar-refractivity contribution in [3.63, 3.8) is 0 Å². The topological polar surface area (TPSA) is 46.3 Å².